The molecular weight excluding hydrogens is 234 g/mol. The van der Waals surface area contributed by atoms with Gasteiger partial charge >= 0.3 is 0 Å². The predicted octanol–water partition coefficient (Wildman–Crippen LogP) is 3.63. The van der Waals surface area contributed by atoms with Crippen LogP contribution in [0.3, 0.4) is 0 Å². The standard InChI is InChI=1S/C14H27NO.ClH/c1-5-13(3)11-12(14(4,6-2)16-13)15-9-7-8-10-15;/h12H,5-11H2,1-4H3;1H. The van der Waals surface area contributed by atoms with Gasteiger partial charge in [0, 0.05) is 6.04 Å². The number of halogens is 1. The monoisotopic (exact) mass is 261 g/mol. The summed E-state index contributed by atoms with van der Waals surface area (Å²) in [5.41, 5.74) is 0.188. The summed E-state index contributed by atoms with van der Waals surface area (Å²) in [6, 6.07) is 0.643. The molecule has 2 heterocycles. The van der Waals surface area contributed by atoms with Gasteiger partial charge in [-0.2, -0.15) is 0 Å². The first-order chi connectivity index (χ1) is 7.53. The van der Waals surface area contributed by atoms with Crippen molar-refractivity contribution in [3.05, 3.63) is 0 Å². The summed E-state index contributed by atoms with van der Waals surface area (Å²) < 4.78 is 6.42. The molecule has 0 saturated carbocycles. The van der Waals surface area contributed by atoms with E-state index in [1.54, 1.807) is 0 Å². The van der Waals surface area contributed by atoms with Crippen LogP contribution in [0.15, 0.2) is 0 Å². The van der Waals surface area contributed by atoms with Crippen LogP contribution in [0.1, 0.15) is 59.8 Å². The van der Waals surface area contributed by atoms with Crippen molar-refractivity contribution >= 4 is 12.4 Å². The largest absolute Gasteiger partial charge is 0.367 e. The van der Waals surface area contributed by atoms with E-state index in [0.717, 1.165) is 12.8 Å². The maximum absolute atomic E-state index is 6.42. The molecule has 2 aliphatic rings. The van der Waals surface area contributed by atoms with Gasteiger partial charge < -0.3 is 4.74 Å². The zero-order chi connectivity index (χ0) is 11.8. The topological polar surface area (TPSA) is 12.5 Å². The van der Waals surface area contributed by atoms with E-state index in [1.165, 1.54) is 32.4 Å². The van der Waals surface area contributed by atoms with Gasteiger partial charge in [0.2, 0.25) is 0 Å². The van der Waals surface area contributed by atoms with Gasteiger partial charge in [0.1, 0.15) is 0 Å². The molecule has 17 heavy (non-hydrogen) atoms. The van der Waals surface area contributed by atoms with Crippen LogP contribution in [0.4, 0.5) is 0 Å². The summed E-state index contributed by atoms with van der Waals surface area (Å²) in [6.07, 6.45) is 6.22. The zero-order valence-electron chi connectivity index (χ0n) is 11.8. The Morgan fingerprint density at radius 3 is 2.18 bits per heavy atom. The second kappa shape index (κ2) is 5.46. The summed E-state index contributed by atoms with van der Waals surface area (Å²) in [7, 11) is 0. The normalized spacial score (nSPS) is 42.7. The predicted molar refractivity (Wildman–Crippen MR) is 74.9 cm³/mol. The lowest BCUT2D eigenvalue weighted by molar-refractivity contribution is -0.101. The molecule has 2 rings (SSSR count). The van der Waals surface area contributed by atoms with Crippen molar-refractivity contribution in [3.63, 3.8) is 0 Å². The van der Waals surface area contributed by atoms with Crippen LogP contribution < -0.4 is 0 Å². The van der Waals surface area contributed by atoms with E-state index in [2.05, 4.69) is 32.6 Å². The summed E-state index contributed by atoms with van der Waals surface area (Å²) in [6.45, 7) is 11.7. The third kappa shape index (κ3) is 2.80. The van der Waals surface area contributed by atoms with Crippen molar-refractivity contribution in [1.29, 1.82) is 0 Å². The molecule has 2 saturated heterocycles. The highest BCUT2D eigenvalue weighted by molar-refractivity contribution is 5.85. The molecule has 3 atom stereocenters. The van der Waals surface area contributed by atoms with Gasteiger partial charge in [-0.15, -0.1) is 12.4 Å². The SMILES string of the molecule is CCC1(C)CC(N2CCCC2)C(C)(CC)O1.Cl. The number of hydrogen-bond donors (Lipinski definition) is 0. The highest BCUT2D eigenvalue weighted by atomic mass is 35.5. The molecule has 3 heteroatoms. The Morgan fingerprint density at radius 1 is 1.12 bits per heavy atom. The third-order valence-electron chi connectivity index (χ3n) is 4.84. The average Bonchev–Trinajstić information content (AvgIpc) is 2.86. The minimum atomic E-state index is 0. The van der Waals surface area contributed by atoms with Crippen LogP contribution in [0.25, 0.3) is 0 Å². The van der Waals surface area contributed by atoms with Gasteiger partial charge in [0.15, 0.2) is 0 Å². The van der Waals surface area contributed by atoms with Crippen molar-refractivity contribution in [1.82, 2.24) is 4.90 Å². The second-order valence-electron chi connectivity index (χ2n) is 6.03. The first kappa shape index (κ1) is 15.3. The average molecular weight is 262 g/mol. The first-order valence-electron chi connectivity index (χ1n) is 6.97. The Balaban J connectivity index is 0.00000144. The molecule has 0 amide bonds. The van der Waals surface area contributed by atoms with Crippen LogP contribution in [0, 0.1) is 0 Å². The van der Waals surface area contributed by atoms with E-state index in [4.69, 9.17) is 4.74 Å². The van der Waals surface area contributed by atoms with Gasteiger partial charge in [-0.05, 0) is 59.0 Å². The molecule has 3 unspecified atom stereocenters. The molecule has 2 fully saturated rings. The fourth-order valence-corrected chi connectivity index (χ4v) is 3.39. The molecule has 2 aliphatic heterocycles. The van der Waals surface area contributed by atoms with E-state index >= 15 is 0 Å². The first-order valence-corrected chi connectivity index (χ1v) is 6.97. The zero-order valence-corrected chi connectivity index (χ0v) is 12.6. The maximum atomic E-state index is 6.42. The fraction of sp³-hybridized carbons (Fsp3) is 1.00. The lowest BCUT2D eigenvalue weighted by atomic mass is 9.88. The lowest BCUT2D eigenvalue weighted by Crippen LogP contribution is -2.46. The van der Waals surface area contributed by atoms with E-state index in [1.807, 2.05) is 0 Å². The highest BCUT2D eigenvalue weighted by Gasteiger charge is 2.51. The van der Waals surface area contributed by atoms with E-state index in [0.29, 0.717) is 6.04 Å². The smallest absolute Gasteiger partial charge is 0.0814 e. The maximum Gasteiger partial charge on any atom is 0.0814 e. The summed E-state index contributed by atoms with van der Waals surface area (Å²) >= 11 is 0. The fourth-order valence-electron chi connectivity index (χ4n) is 3.39. The number of ether oxygens (including phenoxy) is 1. The molecule has 0 aromatic rings. The number of nitrogens with zero attached hydrogens (tertiary/aromatic N) is 1. The van der Waals surface area contributed by atoms with E-state index in [-0.39, 0.29) is 23.6 Å². The van der Waals surface area contributed by atoms with Gasteiger partial charge in [0.25, 0.3) is 0 Å². The summed E-state index contributed by atoms with van der Waals surface area (Å²) in [5.74, 6) is 0. The van der Waals surface area contributed by atoms with Crippen LogP contribution in [0.5, 0.6) is 0 Å². The van der Waals surface area contributed by atoms with Crippen molar-refractivity contribution in [2.24, 2.45) is 0 Å². The minimum absolute atomic E-state index is 0. The number of likely N-dealkylation sites (tertiary alicyclic amines) is 1. The molecule has 0 bridgehead atoms. The quantitative estimate of drug-likeness (QED) is 0.769. The van der Waals surface area contributed by atoms with Gasteiger partial charge in [-0.3, -0.25) is 4.90 Å². The summed E-state index contributed by atoms with van der Waals surface area (Å²) in [5, 5.41) is 0. The van der Waals surface area contributed by atoms with Crippen molar-refractivity contribution in [3.8, 4) is 0 Å². The van der Waals surface area contributed by atoms with Gasteiger partial charge in [-0.25, -0.2) is 0 Å². The van der Waals surface area contributed by atoms with Crippen molar-refractivity contribution < 1.29 is 4.74 Å². The Hall–Kier alpha value is 0.210. The van der Waals surface area contributed by atoms with Gasteiger partial charge in [0.05, 0.1) is 11.2 Å². The number of hydrogen-bond acceptors (Lipinski definition) is 2. The Morgan fingerprint density at radius 2 is 1.71 bits per heavy atom. The van der Waals surface area contributed by atoms with Gasteiger partial charge in [-0.1, -0.05) is 13.8 Å². The molecule has 102 valence electrons. The minimum Gasteiger partial charge on any atom is -0.367 e. The Bertz CT molecular complexity index is 255. The highest BCUT2D eigenvalue weighted by Crippen LogP contribution is 2.44. The molecule has 0 radical (unpaired) electrons. The molecule has 0 aliphatic carbocycles. The van der Waals surface area contributed by atoms with Crippen LogP contribution >= 0.6 is 12.4 Å². The molecule has 0 aromatic heterocycles. The third-order valence-corrected chi connectivity index (χ3v) is 4.84. The second-order valence-corrected chi connectivity index (χ2v) is 6.03. The number of rotatable bonds is 3. The molecule has 2 nitrogen and oxygen atoms in total. The van der Waals surface area contributed by atoms with Crippen LogP contribution in [-0.2, 0) is 4.74 Å². The lowest BCUT2D eigenvalue weighted by Gasteiger charge is -2.36. The van der Waals surface area contributed by atoms with Crippen LogP contribution in [0.2, 0.25) is 0 Å². The van der Waals surface area contributed by atoms with Crippen molar-refractivity contribution in [2.45, 2.75) is 77.0 Å². The molecule has 0 aromatic carbocycles. The Kier molecular flexibility index (Phi) is 4.90. The molecular formula is C14H28ClNO. The van der Waals surface area contributed by atoms with Crippen LogP contribution in [-0.4, -0.2) is 35.2 Å². The van der Waals surface area contributed by atoms with E-state index in [9.17, 15) is 0 Å². The van der Waals surface area contributed by atoms with Crippen molar-refractivity contribution in [2.75, 3.05) is 13.1 Å². The van der Waals surface area contributed by atoms with E-state index < -0.39 is 0 Å². The summed E-state index contributed by atoms with van der Waals surface area (Å²) in [4.78, 5) is 2.67. The molecule has 0 spiro atoms. The Labute approximate surface area is 112 Å². The molecule has 0 N–H and O–H groups in total.